The molecule has 2 aromatic heterocycles. The number of rotatable bonds is 3. The molecule has 0 fully saturated rings. The van der Waals surface area contributed by atoms with Gasteiger partial charge in [0.05, 0.1) is 23.6 Å². The van der Waals surface area contributed by atoms with Crippen molar-refractivity contribution in [3.63, 3.8) is 0 Å². The molecule has 0 aliphatic rings. The lowest BCUT2D eigenvalue weighted by Crippen LogP contribution is -2.01. The fourth-order valence-electron chi connectivity index (χ4n) is 2.67. The lowest BCUT2D eigenvalue weighted by Gasteiger charge is -2.03. The highest BCUT2D eigenvalue weighted by molar-refractivity contribution is 6.35. The highest BCUT2D eigenvalue weighted by Gasteiger charge is 2.16. The fraction of sp³-hybridized carbons (Fsp3) is 0.0556. The standard InChI is InChI=1S/C18H13ClN4/c19-18-16-15(11-20-21-18)23(12-13-7-3-1-4-8-13)22-17(16)14-9-5-2-6-10-14/h1-11H,12H2. The summed E-state index contributed by atoms with van der Waals surface area (Å²) in [6.45, 7) is 0.659. The third kappa shape index (κ3) is 2.58. The molecule has 0 unspecified atom stereocenters. The van der Waals surface area contributed by atoms with Gasteiger partial charge in [-0.05, 0) is 5.56 Å². The van der Waals surface area contributed by atoms with Gasteiger partial charge in [0.25, 0.3) is 0 Å². The molecule has 0 atom stereocenters. The maximum Gasteiger partial charge on any atom is 0.163 e. The molecule has 0 bridgehead atoms. The molecule has 0 saturated heterocycles. The van der Waals surface area contributed by atoms with Crippen LogP contribution >= 0.6 is 11.6 Å². The Hall–Kier alpha value is -2.72. The third-order valence-corrected chi connectivity index (χ3v) is 4.01. The number of nitrogens with zero attached hydrogens (tertiary/aromatic N) is 4. The Labute approximate surface area is 138 Å². The maximum absolute atomic E-state index is 6.30. The summed E-state index contributed by atoms with van der Waals surface area (Å²) in [6.07, 6.45) is 1.71. The van der Waals surface area contributed by atoms with E-state index in [1.165, 1.54) is 5.56 Å². The lowest BCUT2D eigenvalue weighted by atomic mass is 10.1. The molecule has 4 rings (SSSR count). The van der Waals surface area contributed by atoms with Crippen LogP contribution in [0.5, 0.6) is 0 Å². The summed E-state index contributed by atoms with van der Waals surface area (Å²) in [5, 5.41) is 13.9. The van der Waals surface area contributed by atoms with Crippen LogP contribution < -0.4 is 0 Å². The number of fused-ring (bicyclic) bond motifs is 1. The minimum Gasteiger partial charge on any atom is -0.258 e. The molecule has 23 heavy (non-hydrogen) atoms. The Kier molecular flexibility index (Phi) is 3.52. The van der Waals surface area contributed by atoms with Gasteiger partial charge in [-0.15, -0.1) is 5.10 Å². The van der Waals surface area contributed by atoms with E-state index < -0.39 is 0 Å². The van der Waals surface area contributed by atoms with Crippen LogP contribution in [0.15, 0.2) is 66.9 Å². The third-order valence-electron chi connectivity index (χ3n) is 3.75. The average molecular weight is 321 g/mol. The number of hydrogen-bond donors (Lipinski definition) is 0. The van der Waals surface area contributed by atoms with E-state index in [-0.39, 0.29) is 0 Å². The van der Waals surface area contributed by atoms with Gasteiger partial charge in [0, 0.05) is 5.56 Å². The second kappa shape index (κ2) is 5.82. The predicted molar refractivity (Wildman–Crippen MR) is 91.3 cm³/mol. The molecule has 4 aromatic rings. The first-order valence-corrected chi connectivity index (χ1v) is 7.68. The van der Waals surface area contributed by atoms with Gasteiger partial charge in [-0.3, -0.25) is 4.68 Å². The van der Waals surface area contributed by atoms with Crippen molar-refractivity contribution in [2.75, 3.05) is 0 Å². The van der Waals surface area contributed by atoms with E-state index in [9.17, 15) is 0 Å². The summed E-state index contributed by atoms with van der Waals surface area (Å²) in [7, 11) is 0. The van der Waals surface area contributed by atoms with Gasteiger partial charge in [0.1, 0.15) is 5.69 Å². The van der Waals surface area contributed by atoms with Crippen molar-refractivity contribution in [1.82, 2.24) is 20.0 Å². The molecule has 0 amide bonds. The number of halogens is 1. The second-order valence-corrected chi connectivity index (χ2v) is 5.61. The minimum atomic E-state index is 0.376. The Morgan fingerprint density at radius 2 is 1.61 bits per heavy atom. The topological polar surface area (TPSA) is 43.6 Å². The molecule has 0 spiro atoms. The zero-order valence-corrected chi connectivity index (χ0v) is 13.0. The van der Waals surface area contributed by atoms with Crippen LogP contribution in [-0.2, 0) is 6.54 Å². The zero-order chi connectivity index (χ0) is 15.6. The second-order valence-electron chi connectivity index (χ2n) is 5.25. The van der Waals surface area contributed by atoms with Crippen LogP contribution in [0.4, 0.5) is 0 Å². The van der Waals surface area contributed by atoms with Crippen LogP contribution in [-0.4, -0.2) is 20.0 Å². The average Bonchev–Trinajstić information content (AvgIpc) is 2.97. The van der Waals surface area contributed by atoms with Crippen molar-refractivity contribution in [3.05, 3.63) is 77.6 Å². The van der Waals surface area contributed by atoms with Crippen LogP contribution in [0.2, 0.25) is 5.15 Å². The summed E-state index contributed by atoms with van der Waals surface area (Å²) in [4.78, 5) is 0. The molecule has 0 radical (unpaired) electrons. The monoisotopic (exact) mass is 320 g/mol. The molecule has 2 aromatic carbocycles. The Balaban J connectivity index is 1.91. The molecule has 0 saturated carbocycles. The summed E-state index contributed by atoms with van der Waals surface area (Å²) in [5.41, 5.74) is 3.90. The SMILES string of the molecule is Clc1nncc2c1c(-c1ccccc1)nn2Cc1ccccc1. The van der Waals surface area contributed by atoms with E-state index in [1.54, 1.807) is 6.20 Å². The molecule has 2 heterocycles. The molecule has 4 nitrogen and oxygen atoms in total. The van der Waals surface area contributed by atoms with Gasteiger partial charge >= 0.3 is 0 Å². The van der Waals surface area contributed by atoms with Gasteiger partial charge in [0.2, 0.25) is 0 Å². The summed E-state index contributed by atoms with van der Waals surface area (Å²) < 4.78 is 1.92. The van der Waals surface area contributed by atoms with E-state index in [2.05, 4.69) is 22.3 Å². The van der Waals surface area contributed by atoms with E-state index in [0.717, 1.165) is 22.2 Å². The lowest BCUT2D eigenvalue weighted by molar-refractivity contribution is 0.713. The first-order chi connectivity index (χ1) is 11.3. The van der Waals surface area contributed by atoms with Crippen molar-refractivity contribution in [2.45, 2.75) is 6.54 Å². The van der Waals surface area contributed by atoms with Crippen LogP contribution in [0.3, 0.4) is 0 Å². The molecule has 112 valence electrons. The van der Waals surface area contributed by atoms with Crippen LogP contribution in [0, 0.1) is 0 Å². The zero-order valence-electron chi connectivity index (χ0n) is 12.2. The van der Waals surface area contributed by atoms with Crippen molar-refractivity contribution >= 4 is 22.5 Å². The van der Waals surface area contributed by atoms with Crippen molar-refractivity contribution in [2.24, 2.45) is 0 Å². The van der Waals surface area contributed by atoms with Gasteiger partial charge in [-0.2, -0.15) is 10.2 Å². The van der Waals surface area contributed by atoms with Gasteiger partial charge < -0.3 is 0 Å². The summed E-state index contributed by atoms with van der Waals surface area (Å²) in [6, 6.07) is 20.2. The first kappa shape index (κ1) is 13.9. The van der Waals surface area contributed by atoms with E-state index in [0.29, 0.717) is 11.7 Å². The molecule has 0 N–H and O–H groups in total. The molecular formula is C18H13ClN4. The summed E-state index contributed by atoms with van der Waals surface area (Å²) in [5.74, 6) is 0. The first-order valence-electron chi connectivity index (χ1n) is 7.30. The Bertz CT molecular complexity index is 949. The number of benzene rings is 2. The minimum absolute atomic E-state index is 0.376. The van der Waals surface area contributed by atoms with Crippen molar-refractivity contribution in [3.8, 4) is 11.3 Å². The summed E-state index contributed by atoms with van der Waals surface area (Å²) >= 11 is 6.30. The molecule has 0 aliphatic heterocycles. The van der Waals surface area contributed by atoms with Crippen LogP contribution in [0.1, 0.15) is 5.56 Å². The molecular weight excluding hydrogens is 308 g/mol. The highest BCUT2D eigenvalue weighted by Crippen LogP contribution is 2.31. The van der Waals surface area contributed by atoms with Crippen molar-refractivity contribution in [1.29, 1.82) is 0 Å². The number of hydrogen-bond acceptors (Lipinski definition) is 3. The largest absolute Gasteiger partial charge is 0.258 e. The molecule has 5 heteroatoms. The number of aromatic nitrogens is 4. The normalized spacial score (nSPS) is 11.0. The highest BCUT2D eigenvalue weighted by atomic mass is 35.5. The predicted octanol–water partition coefficient (Wildman–Crippen LogP) is 4.20. The van der Waals surface area contributed by atoms with E-state index in [1.807, 2.05) is 53.2 Å². The quantitative estimate of drug-likeness (QED) is 0.568. The van der Waals surface area contributed by atoms with Crippen LogP contribution in [0.25, 0.3) is 22.2 Å². The Morgan fingerprint density at radius 3 is 2.35 bits per heavy atom. The maximum atomic E-state index is 6.30. The van der Waals surface area contributed by atoms with E-state index >= 15 is 0 Å². The smallest absolute Gasteiger partial charge is 0.163 e. The van der Waals surface area contributed by atoms with Gasteiger partial charge in [-0.1, -0.05) is 72.3 Å². The van der Waals surface area contributed by atoms with E-state index in [4.69, 9.17) is 16.7 Å². The van der Waals surface area contributed by atoms with Gasteiger partial charge in [0.15, 0.2) is 5.15 Å². The van der Waals surface area contributed by atoms with Crippen molar-refractivity contribution < 1.29 is 0 Å². The fourth-order valence-corrected chi connectivity index (χ4v) is 2.90. The van der Waals surface area contributed by atoms with Gasteiger partial charge in [-0.25, -0.2) is 0 Å². The molecule has 0 aliphatic carbocycles. The Morgan fingerprint density at radius 1 is 0.913 bits per heavy atom.